The molecule has 0 aliphatic heterocycles. The zero-order valence-corrected chi connectivity index (χ0v) is 16.8. The molecule has 0 bridgehead atoms. The van der Waals surface area contributed by atoms with Crippen LogP contribution in [-0.4, -0.2) is 37.3 Å². The lowest BCUT2D eigenvalue weighted by Gasteiger charge is -2.19. The molecule has 2 N–H and O–H groups in total. The molecular weight excluding hydrogens is 334 g/mol. The second kappa shape index (κ2) is 8.32. The molecule has 0 aliphatic carbocycles. The third-order valence-electron chi connectivity index (χ3n) is 2.84. The molecule has 0 heterocycles. The lowest BCUT2D eigenvalue weighted by Crippen LogP contribution is -2.31. The smallest absolute Gasteiger partial charge is 0.335 e. The summed E-state index contributed by atoms with van der Waals surface area (Å²) in [4.78, 5) is 23.0. The quantitative estimate of drug-likeness (QED) is 0.479. The van der Waals surface area contributed by atoms with Crippen LogP contribution in [0, 0.1) is 11.5 Å². The third kappa shape index (κ3) is 9.08. The number of nitrogens with one attached hydrogen (secondary N) is 1. The average Bonchev–Trinajstić information content (AvgIpc) is 2.42. The number of aromatic carboxylic acids is 1. The number of carboxylic acids is 1. The van der Waals surface area contributed by atoms with Crippen LogP contribution in [0.2, 0.25) is 19.6 Å². The van der Waals surface area contributed by atoms with Gasteiger partial charge in [0.2, 0.25) is 0 Å². The van der Waals surface area contributed by atoms with Gasteiger partial charge in [-0.25, -0.2) is 4.79 Å². The summed E-state index contributed by atoms with van der Waals surface area (Å²) in [5.41, 5.74) is 4.34. The van der Waals surface area contributed by atoms with Crippen molar-refractivity contribution in [2.45, 2.75) is 52.6 Å². The van der Waals surface area contributed by atoms with Crippen molar-refractivity contribution in [1.82, 2.24) is 5.32 Å². The van der Waals surface area contributed by atoms with Gasteiger partial charge < -0.3 is 15.2 Å². The van der Waals surface area contributed by atoms with E-state index in [2.05, 4.69) is 36.4 Å². The Bertz CT molecular complexity index is 703. The molecular formula is C19H27NO4Si. The maximum Gasteiger partial charge on any atom is 0.335 e. The minimum absolute atomic E-state index is 0.0600. The second-order valence-corrected chi connectivity index (χ2v) is 12.7. The van der Waals surface area contributed by atoms with Crippen LogP contribution in [0.1, 0.15) is 42.3 Å². The van der Waals surface area contributed by atoms with Gasteiger partial charge in [0, 0.05) is 12.1 Å². The number of carboxylic acid groups (broad SMARTS) is 1. The zero-order chi connectivity index (χ0) is 19.3. The lowest BCUT2D eigenvalue weighted by atomic mass is 10.1. The summed E-state index contributed by atoms with van der Waals surface area (Å²) in [5.74, 6) is 1.74. The topological polar surface area (TPSA) is 75.6 Å². The van der Waals surface area contributed by atoms with E-state index in [-0.39, 0.29) is 18.1 Å². The largest absolute Gasteiger partial charge is 0.478 e. The first-order chi connectivity index (χ1) is 11.4. The van der Waals surface area contributed by atoms with Crippen molar-refractivity contribution in [2.75, 3.05) is 6.54 Å². The number of carbonyl (C=O) groups is 2. The number of carbonyl (C=O) groups excluding carboxylic acids is 1. The van der Waals surface area contributed by atoms with Crippen LogP contribution in [0.15, 0.2) is 18.2 Å². The number of hydrogen-bond acceptors (Lipinski definition) is 4. The fourth-order valence-electron chi connectivity index (χ4n) is 1.94. The molecule has 136 valence electrons. The molecule has 0 radical (unpaired) electrons. The monoisotopic (exact) mass is 361 g/mol. The predicted octanol–water partition coefficient (Wildman–Crippen LogP) is 3.05. The van der Waals surface area contributed by atoms with E-state index in [0.717, 1.165) is 5.56 Å². The van der Waals surface area contributed by atoms with Gasteiger partial charge in [0.15, 0.2) is 0 Å². The van der Waals surface area contributed by atoms with Crippen molar-refractivity contribution in [1.29, 1.82) is 0 Å². The Morgan fingerprint density at radius 1 is 1.20 bits per heavy atom. The first-order valence-electron chi connectivity index (χ1n) is 8.19. The number of hydrogen-bond donors (Lipinski definition) is 2. The van der Waals surface area contributed by atoms with Gasteiger partial charge in [0.05, 0.1) is 12.1 Å². The Morgan fingerprint density at radius 3 is 2.36 bits per heavy atom. The third-order valence-corrected chi connectivity index (χ3v) is 3.72. The molecule has 0 spiro atoms. The highest BCUT2D eigenvalue weighted by molar-refractivity contribution is 6.83. The van der Waals surface area contributed by atoms with Gasteiger partial charge in [-0.1, -0.05) is 25.6 Å². The molecule has 5 nitrogen and oxygen atoms in total. The maximum absolute atomic E-state index is 11.7. The highest BCUT2D eigenvalue weighted by atomic mass is 28.3. The fraction of sp³-hybridized carbons (Fsp3) is 0.474. The van der Waals surface area contributed by atoms with E-state index in [9.17, 15) is 14.7 Å². The molecule has 1 aromatic carbocycles. The van der Waals surface area contributed by atoms with Gasteiger partial charge in [-0.3, -0.25) is 4.79 Å². The predicted molar refractivity (Wildman–Crippen MR) is 101 cm³/mol. The first-order valence-corrected chi connectivity index (χ1v) is 11.7. The van der Waals surface area contributed by atoms with Gasteiger partial charge in [-0.05, 0) is 44.5 Å². The average molecular weight is 362 g/mol. The summed E-state index contributed by atoms with van der Waals surface area (Å²) in [6, 6.07) is 5.01. The van der Waals surface area contributed by atoms with Gasteiger partial charge in [-0.2, -0.15) is 0 Å². The molecule has 0 saturated heterocycles. The summed E-state index contributed by atoms with van der Waals surface area (Å²) in [6.07, 6.45) is 0. The molecule has 0 atom stereocenters. The van der Waals surface area contributed by atoms with E-state index in [1.165, 1.54) is 0 Å². The van der Waals surface area contributed by atoms with Crippen molar-refractivity contribution >= 4 is 20.0 Å². The van der Waals surface area contributed by atoms with E-state index in [4.69, 9.17) is 4.74 Å². The zero-order valence-electron chi connectivity index (χ0n) is 15.8. The maximum atomic E-state index is 11.7. The van der Waals surface area contributed by atoms with E-state index >= 15 is 0 Å². The summed E-state index contributed by atoms with van der Waals surface area (Å²) >= 11 is 0. The van der Waals surface area contributed by atoms with Crippen LogP contribution in [0.3, 0.4) is 0 Å². The Hall–Kier alpha value is -2.10. The van der Waals surface area contributed by atoms with Gasteiger partial charge in [-0.15, -0.1) is 5.54 Å². The van der Waals surface area contributed by atoms with E-state index < -0.39 is 19.6 Å². The SMILES string of the molecule is CC(C)(C)OC(=O)CNCc1cc(C#C[Si](C)(C)C)cc(C(=O)O)c1. The molecule has 6 heteroatoms. The minimum atomic E-state index is -1.55. The van der Waals surface area contributed by atoms with Crippen LogP contribution >= 0.6 is 0 Å². The molecule has 0 amide bonds. The summed E-state index contributed by atoms with van der Waals surface area (Å²) < 4.78 is 5.22. The molecule has 0 saturated carbocycles. The Balaban J connectivity index is 2.85. The van der Waals surface area contributed by atoms with Gasteiger partial charge in [0.25, 0.3) is 0 Å². The molecule has 1 rings (SSSR count). The highest BCUT2D eigenvalue weighted by Gasteiger charge is 2.16. The number of rotatable bonds is 5. The Labute approximate surface area is 150 Å². The van der Waals surface area contributed by atoms with Crippen molar-refractivity contribution in [3.05, 3.63) is 34.9 Å². The molecule has 0 aromatic heterocycles. The molecule has 25 heavy (non-hydrogen) atoms. The molecule has 0 fully saturated rings. The van der Waals surface area contributed by atoms with E-state index in [1.807, 2.05) is 26.8 Å². The van der Waals surface area contributed by atoms with E-state index in [1.54, 1.807) is 12.1 Å². The van der Waals surface area contributed by atoms with Crippen LogP contribution in [0.5, 0.6) is 0 Å². The first kappa shape index (κ1) is 20.9. The number of benzene rings is 1. The molecule has 0 unspecified atom stereocenters. The Kier molecular flexibility index (Phi) is 6.97. The van der Waals surface area contributed by atoms with Gasteiger partial charge >= 0.3 is 11.9 Å². The minimum Gasteiger partial charge on any atom is -0.478 e. The Morgan fingerprint density at radius 2 is 1.84 bits per heavy atom. The van der Waals surface area contributed by atoms with Crippen LogP contribution in [-0.2, 0) is 16.1 Å². The van der Waals surface area contributed by atoms with Crippen LogP contribution < -0.4 is 5.32 Å². The standard InChI is InChI=1S/C19H27NO4Si/c1-19(2,3)24-17(21)13-20-12-15-9-14(7-8-25(4,5)6)10-16(11-15)18(22)23/h9-11,20H,12-13H2,1-6H3,(H,22,23). The van der Waals surface area contributed by atoms with Crippen LogP contribution in [0.25, 0.3) is 0 Å². The number of esters is 1. The lowest BCUT2D eigenvalue weighted by molar-refractivity contribution is -0.153. The molecule has 0 aliphatic rings. The summed E-state index contributed by atoms with van der Waals surface area (Å²) in [5, 5.41) is 12.3. The number of ether oxygens (including phenoxy) is 1. The van der Waals surface area contributed by atoms with Crippen molar-refractivity contribution in [2.24, 2.45) is 0 Å². The van der Waals surface area contributed by atoms with Crippen LogP contribution in [0.4, 0.5) is 0 Å². The van der Waals surface area contributed by atoms with Crippen molar-refractivity contribution < 1.29 is 19.4 Å². The normalized spacial score (nSPS) is 11.4. The fourth-order valence-corrected chi connectivity index (χ4v) is 2.46. The highest BCUT2D eigenvalue weighted by Crippen LogP contribution is 2.11. The second-order valence-electron chi connectivity index (χ2n) is 7.91. The van der Waals surface area contributed by atoms with Crippen molar-refractivity contribution in [3.63, 3.8) is 0 Å². The van der Waals surface area contributed by atoms with Crippen molar-refractivity contribution in [3.8, 4) is 11.5 Å². The van der Waals surface area contributed by atoms with Gasteiger partial charge in [0.1, 0.15) is 13.7 Å². The summed E-state index contributed by atoms with van der Waals surface area (Å²) in [7, 11) is -1.55. The van der Waals surface area contributed by atoms with E-state index in [0.29, 0.717) is 12.1 Å². The molecule has 1 aromatic rings. The summed E-state index contributed by atoms with van der Waals surface area (Å²) in [6.45, 7) is 12.2.